The zero-order valence-corrected chi connectivity index (χ0v) is 17.5. The summed E-state index contributed by atoms with van der Waals surface area (Å²) in [5, 5.41) is 11.5. The first-order chi connectivity index (χ1) is 13.7. The van der Waals surface area contributed by atoms with Gasteiger partial charge in [-0.1, -0.05) is 23.4 Å². The van der Waals surface area contributed by atoms with Gasteiger partial charge in [-0.05, 0) is 37.8 Å². The van der Waals surface area contributed by atoms with E-state index in [0.717, 1.165) is 72.5 Å². The summed E-state index contributed by atoms with van der Waals surface area (Å²) in [6, 6.07) is 4.13. The summed E-state index contributed by atoms with van der Waals surface area (Å²) in [4.78, 5) is 12.9. The number of aliphatic hydroxyl groups is 1. The highest BCUT2D eigenvalue weighted by atomic mass is 35.5. The third kappa shape index (κ3) is 3.87. The van der Waals surface area contributed by atoms with Gasteiger partial charge in [0.2, 0.25) is 0 Å². The molecule has 5 rings (SSSR count). The molecule has 2 atom stereocenters. The van der Waals surface area contributed by atoms with Crippen molar-refractivity contribution in [2.75, 3.05) is 44.2 Å². The van der Waals surface area contributed by atoms with Crippen molar-refractivity contribution in [2.45, 2.75) is 48.3 Å². The number of aromatic amines is 1. The highest BCUT2D eigenvalue weighted by Crippen LogP contribution is 2.40. The zero-order valence-electron chi connectivity index (χ0n) is 15.9. The Morgan fingerprint density at radius 1 is 1.18 bits per heavy atom. The Bertz CT molecular complexity index is 827. The van der Waals surface area contributed by atoms with Crippen LogP contribution in [-0.4, -0.2) is 76.8 Å². The molecule has 152 valence electrons. The smallest absolute Gasteiger partial charge is 0.166 e. The van der Waals surface area contributed by atoms with E-state index < -0.39 is 0 Å². The molecule has 1 aromatic heterocycles. The largest absolute Gasteiger partial charge is 0.395 e. The molecule has 2 aromatic rings. The number of H-pyrrole nitrogens is 1. The van der Waals surface area contributed by atoms with Crippen LogP contribution in [-0.2, 0) is 4.74 Å². The number of thioether (sulfide) groups is 1. The standard InChI is InChI=1S/C20H27ClN4O2S/c21-16-11-17-18(12-19(16)25-5-3-24(4-6-25)7-8-26)23-20(22-17)28-15-9-13-1-2-14(10-15)27-13/h11-15,26H,1-10H2,(H,22,23). The molecule has 2 unspecified atom stereocenters. The van der Waals surface area contributed by atoms with E-state index in [9.17, 15) is 0 Å². The number of hydrogen-bond acceptors (Lipinski definition) is 6. The normalized spacial score (nSPS) is 28.4. The number of aromatic nitrogens is 2. The fourth-order valence-corrected chi connectivity index (χ4v) is 6.25. The number of imidazole rings is 1. The van der Waals surface area contributed by atoms with Gasteiger partial charge in [0.25, 0.3) is 0 Å². The predicted molar refractivity (Wildman–Crippen MR) is 114 cm³/mol. The third-order valence-electron chi connectivity index (χ3n) is 6.18. The van der Waals surface area contributed by atoms with Gasteiger partial charge < -0.3 is 19.7 Å². The van der Waals surface area contributed by atoms with Gasteiger partial charge in [-0.2, -0.15) is 0 Å². The van der Waals surface area contributed by atoms with Crippen LogP contribution in [0.2, 0.25) is 5.02 Å². The molecular weight excluding hydrogens is 396 g/mol. The monoisotopic (exact) mass is 422 g/mol. The van der Waals surface area contributed by atoms with Crippen LogP contribution in [0.25, 0.3) is 11.0 Å². The van der Waals surface area contributed by atoms with Gasteiger partial charge in [-0.3, -0.25) is 4.90 Å². The van der Waals surface area contributed by atoms with Gasteiger partial charge in [0.1, 0.15) is 0 Å². The van der Waals surface area contributed by atoms with Crippen molar-refractivity contribution in [1.82, 2.24) is 14.9 Å². The van der Waals surface area contributed by atoms with Crippen molar-refractivity contribution in [3.63, 3.8) is 0 Å². The van der Waals surface area contributed by atoms with Crippen LogP contribution in [0.3, 0.4) is 0 Å². The van der Waals surface area contributed by atoms with Crippen LogP contribution < -0.4 is 4.90 Å². The maximum Gasteiger partial charge on any atom is 0.166 e. The lowest BCUT2D eigenvalue weighted by Gasteiger charge is -2.36. The third-order valence-corrected chi connectivity index (χ3v) is 7.62. The van der Waals surface area contributed by atoms with E-state index >= 15 is 0 Å². The molecule has 6 nitrogen and oxygen atoms in total. The second-order valence-electron chi connectivity index (χ2n) is 8.08. The van der Waals surface area contributed by atoms with Crippen molar-refractivity contribution in [1.29, 1.82) is 0 Å². The molecule has 0 saturated carbocycles. The van der Waals surface area contributed by atoms with Crippen LogP contribution in [0.15, 0.2) is 17.3 Å². The molecular formula is C20H27ClN4O2S. The summed E-state index contributed by atoms with van der Waals surface area (Å²) >= 11 is 8.47. The Hall–Kier alpha value is -0.990. The Kier molecular flexibility index (Phi) is 5.45. The molecule has 0 aliphatic carbocycles. The molecule has 8 heteroatoms. The number of β-amino-alcohol motifs (C(OH)–C–C–N with tert-alkyl or cyclic N) is 1. The second kappa shape index (κ2) is 8.03. The van der Waals surface area contributed by atoms with Crippen LogP contribution >= 0.6 is 23.4 Å². The number of ether oxygens (including phenoxy) is 1. The molecule has 3 aliphatic rings. The molecule has 0 spiro atoms. The van der Waals surface area contributed by atoms with Crippen molar-refractivity contribution in [2.24, 2.45) is 0 Å². The topological polar surface area (TPSA) is 64.6 Å². The molecule has 3 aliphatic heterocycles. The van der Waals surface area contributed by atoms with Crippen molar-refractivity contribution in [3.8, 4) is 0 Å². The van der Waals surface area contributed by atoms with E-state index in [4.69, 9.17) is 26.4 Å². The molecule has 1 aromatic carbocycles. The van der Waals surface area contributed by atoms with Gasteiger partial charge >= 0.3 is 0 Å². The lowest BCUT2D eigenvalue weighted by atomic mass is 10.1. The molecule has 0 amide bonds. The Balaban J connectivity index is 1.30. The highest BCUT2D eigenvalue weighted by molar-refractivity contribution is 7.99. The molecule has 28 heavy (non-hydrogen) atoms. The van der Waals surface area contributed by atoms with Crippen LogP contribution in [0.4, 0.5) is 5.69 Å². The maximum atomic E-state index is 9.12. The minimum atomic E-state index is 0.217. The van der Waals surface area contributed by atoms with E-state index in [2.05, 4.69) is 20.9 Å². The van der Waals surface area contributed by atoms with Crippen LogP contribution in [0.5, 0.6) is 0 Å². The minimum absolute atomic E-state index is 0.217. The number of nitrogens with one attached hydrogen (secondary N) is 1. The molecule has 2 N–H and O–H groups in total. The quantitative estimate of drug-likeness (QED) is 0.771. The molecule has 0 radical (unpaired) electrons. The number of halogens is 1. The number of nitrogens with zero attached hydrogens (tertiary/aromatic N) is 3. The van der Waals surface area contributed by atoms with Crippen LogP contribution in [0.1, 0.15) is 25.7 Å². The van der Waals surface area contributed by atoms with Gasteiger partial charge in [-0.25, -0.2) is 4.98 Å². The predicted octanol–water partition coefficient (Wildman–Crippen LogP) is 3.13. The van der Waals surface area contributed by atoms with Crippen molar-refractivity contribution in [3.05, 3.63) is 17.2 Å². The fourth-order valence-electron chi connectivity index (χ4n) is 4.71. The van der Waals surface area contributed by atoms with Crippen molar-refractivity contribution < 1.29 is 9.84 Å². The van der Waals surface area contributed by atoms with E-state index in [1.807, 2.05) is 17.8 Å². The summed E-state index contributed by atoms with van der Waals surface area (Å²) in [5.74, 6) is 0. The van der Waals surface area contributed by atoms with Crippen molar-refractivity contribution >= 4 is 40.1 Å². The van der Waals surface area contributed by atoms with E-state index in [-0.39, 0.29) is 6.61 Å². The Morgan fingerprint density at radius 3 is 2.64 bits per heavy atom. The molecule has 2 bridgehead atoms. The van der Waals surface area contributed by atoms with Gasteiger partial charge in [0, 0.05) is 38.0 Å². The first kappa shape index (κ1) is 19.0. The number of benzene rings is 1. The number of aliphatic hydroxyl groups excluding tert-OH is 1. The van der Waals surface area contributed by atoms with Gasteiger partial charge in [0.15, 0.2) is 5.16 Å². The SMILES string of the molecule is OCCN1CCN(c2cc3nc(SC4CC5CCC(C4)O5)[nH]c3cc2Cl)CC1. The van der Waals surface area contributed by atoms with E-state index in [1.165, 1.54) is 12.8 Å². The van der Waals surface area contributed by atoms with Crippen LogP contribution in [0, 0.1) is 0 Å². The second-order valence-corrected chi connectivity index (χ2v) is 9.78. The average molecular weight is 423 g/mol. The molecule has 3 fully saturated rings. The molecule has 4 heterocycles. The summed E-state index contributed by atoms with van der Waals surface area (Å²) < 4.78 is 5.96. The average Bonchev–Trinajstić information content (AvgIpc) is 3.23. The van der Waals surface area contributed by atoms with Gasteiger partial charge in [-0.15, -0.1) is 0 Å². The number of piperazine rings is 1. The fraction of sp³-hybridized carbons (Fsp3) is 0.650. The van der Waals surface area contributed by atoms with E-state index in [0.29, 0.717) is 17.5 Å². The summed E-state index contributed by atoms with van der Waals surface area (Å²) in [7, 11) is 0. The molecule has 3 saturated heterocycles. The minimum Gasteiger partial charge on any atom is -0.395 e. The maximum absolute atomic E-state index is 9.12. The summed E-state index contributed by atoms with van der Waals surface area (Å²) in [5.41, 5.74) is 3.05. The Labute approximate surface area is 174 Å². The lowest BCUT2D eigenvalue weighted by Crippen LogP contribution is -2.47. The zero-order chi connectivity index (χ0) is 19.1. The first-order valence-corrected chi connectivity index (χ1v) is 11.5. The number of hydrogen-bond donors (Lipinski definition) is 2. The van der Waals surface area contributed by atoms with Gasteiger partial charge in [0.05, 0.1) is 40.6 Å². The summed E-state index contributed by atoms with van der Waals surface area (Å²) in [6.45, 7) is 4.69. The van der Waals surface area contributed by atoms with E-state index in [1.54, 1.807) is 0 Å². The lowest BCUT2D eigenvalue weighted by molar-refractivity contribution is 0.00861. The first-order valence-electron chi connectivity index (χ1n) is 10.3. The number of rotatable bonds is 5. The number of anilines is 1. The number of fused-ring (bicyclic) bond motifs is 3. The summed E-state index contributed by atoms with van der Waals surface area (Å²) in [6.07, 6.45) is 5.58. The Morgan fingerprint density at radius 2 is 1.93 bits per heavy atom. The highest BCUT2D eigenvalue weighted by Gasteiger charge is 2.35.